The van der Waals surface area contributed by atoms with Gasteiger partial charge in [-0.15, -0.1) is 0 Å². The fourth-order valence-electron chi connectivity index (χ4n) is 3.88. The summed E-state index contributed by atoms with van der Waals surface area (Å²) in [7, 11) is 0. The van der Waals surface area contributed by atoms with Crippen molar-refractivity contribution < 1.29 is 13.9 Å². The van der Waals surface area contributed by atoms with Crippen LogP contribution in [0.2, 0.25) is 0 Å². The number of amides is 1. The molecule has 0 fully saturated rings. The second-order valence-electron chi connectivity index (χ2n) is 8.65. The van der Waals surface area contributed by atoms with Crippen LogP contribution in [0.3, 0.4) is 0 Å². The Kier molecular flexibility index (Phi) is 5.67. The summed E-state index contributed by atoms with van der Waals surface area (Å²) < 4.78 is 18.8. The first-order valence-corrected chi connectivity index (χ1v) is 10.3. The summed E-state index contributed by atoms with van der Waals surface area (Å²) in [5.74, 6) is 0.503. The summed E-state index contributed by atoms with van der Waals surface area (Å²) >= 11 is 0. The molecule has 1 aromatic carbocycles. The molecule has 0 unspecified atom stereocenters. The topological polar surface area (TPSA) is 77.0 Å². The van der Waals surface area contributed by atoms with Gasteiger partial charge in [-0.1, -0.05) is 13.8 Å². The van der Waals surface area contributed by atoms with Gasteiger partial charge in [0.25, 0.3) is 5.91 Å². The summed E-state index contributed by atoms with van der Waals surface area (Å²) in [6.07, 6.45) is 6.09. The van der Waals surface area contributed by atoms with Crippen LogP contribution >= 0.6 is 0 Å². The van der Waals surface area contributed by atoms with Gasteiger partial charge in [-0.3, -0.25) is 9.78 Å². The highest BCUT2D eigenvalue weighted by Gasteiger charge is 2.35. The third-order valence-corrected chi connectivity index (χ3v) is 5.43. The Balaban J connectivity index is 1.53. The number of fused-ring (bicyclic) bond motifs is 1. The molecule has 1 aliphatic rings. The minimum absolute atomic E-state index is 0.0319. The molecule has 160 valence electrons. The predicted molar refractivity (Wildman–Crippen MR) is 115 cm³/mol. The molecule has 2 heterocycles. The fourth-order valence-corrected chi connectivity index (χ4v) is 3.88. The Hall–Kier alpha value is -3.35. The maximum Gasteiger partial charge on any atom is 0.261 e. The first-order valence-electron chi connectivity index (χ1n) is 10.3. The van der Waals surface area contributed by atoms with E-state index < -0.39 is 6.10 Å². The maximum atomic E-state index is 13.1. The zero-order valence-electron chi connectivity index (χ0n) is 17.8. The van der Waals surface area contributed by atoms with Crippen LogP contribution in [0.5, 0.6) is 5.75 Å². The first-order chi connectivity index (χ1) is 14.8. The molecule has 0 saturated carbocycles. The molecule has 0 radical (unpaired) electrons. The van der Waals surface area contributed by atoms with Gasteiger partial charge in [0.1, 0.15) is 11.6 Å². The quantitative estimate of drug-likeness (QED) is 0.667. The lowest BCUT2D eigenvalue weighted by molar-refractivity contribution is -0.128. The third-order valence-electron chi connectivity index (χ3n) is 5.43. The smallest absolute Gasteiger partial charge is 0.261 e. The van der Waals surface area contributed by atoms with E-state index in [1.165, 1.54) is 24.3 Å². The highest BCUT2D eigenvalue weighted by Crippen LogP contribution is 2.40. The molecule has 1 amide bonds. The van der Waals surface area contributed by atoms with Gasteiger partial charge in [-0.25, -0.2) is 14.4 Å². The van der Waals surface area contributed by atoms with Crippen LogP contribution in [-0.2, 0) is 11.2 Å². The number of nitrogens with one attached hydrogen (secondary N) is 1. The molecule has 3 aromatic rings. The lowest BCUT2D eigenvalue weighted by atomic mass is 9.74. The van der Waals surface area contributed by atoms with Gasteiger partial charge < -0.3 is 10.1 Å². The zero-order chi connectivity index (χ0) is 22.0. The van der Waals surface area contributed by atoms with Crippen molar-refractivity contribution in [3.63, 3.8) is 0 Å². The normalized spacial score (nSPS) is 18.0. The number of hydrogen-bond acceptors (Lipinski definition) is 5. The number of ether oxygens (including phenoxy) is 1. The Morgan fingerprint density at radius 1 is 1.19 bits per heavy atom. The van der Waals surface area contributed by atoms with E-state index in [-0.39, 0.29) is 23.2 Å². The molecule has 6 nitrogen and oxygen atoms in total. The molecule has 1 N–H and O–H groups in total. The van der Waals surface area contributed by atoms with E-state index in [1.807, 2.05) is 18.3 Å². The Bertz CT molecular complexity index is 1070. The lowest BCUT2D eigenvalue weighted by Crippen LogP contribution is -2.42. The van der Waals surface area contributed by atoms with Crippen LogP contribution in [0.25, 0.3) is 11.4 Å². The van der Waals surface area contributed by atoms with Crippen LogP contribution in [-0.4, -0.2) is 27.0 Å². The number of carbonyl (C=O) groups is 1. The molecule has 31 heavy (non-hydrogen) atoms. The number of carbonyl (C=O) groups excluding carboxylic acids is 1. The molecular formula is C24H25FN4O2. The van der Waals surface area contributed by atoms with Crippen molar-refractivity contribution in [3.8, 4) is 17.1 Å². The number of nitrogens with zero attached hydrogens (tertiary/aromatic N) is 3. The molecule has 1 aliphatic carbocycles. The van der Waals surface area contributed by atoms with Crippen LogP contribution in [0.4, 0.5) is 4.39 Å². The predicted octanol–water partition coefficient (Wildman–Crippen LogP) is 4.27. The second-order valence-corrected chi connectivity index (χ2v) is 8.65. The van der Waals surface area contributed by atoms with Crippen molar-refractivity contribution in [1.82, 2.24) is 20.3 Å². The number of aromatic nitrogens is 3. The van der Waals surface area contributed by atoms with E-state index in [1.54, 1.807) is 19.3 Å². The molecule has 2 atom stereocenters. The Morgan fingerprint density at radius 3 is 2.61 bits per heavy atom. The van der Waals surface area contributed by atoms with E-state index in [0.29, 0.717) is 11.6 Å². The fraction of sp³-hybridized carbons (Fsp3) is 0.333. The summed E-state index contributed by atoms with van der Waals surface area (Å²) in [6.45, 7) is 6.01. The van der Waals surface area contributed by atoms with Crippen LogP contribution in [0.15, 0.2) is 55.0 Å². The molecule has 4 rings (SSSR count). The maximum absolute atomic E-state index is 13.1. The average Bonchev–Trinajstić information content (AvgIpc) is 2.74. The molecule has 0 bridgehead atoms. The van der Waals surface area contributed by atoms with E-state index in [2.05, 4.69) is 29.1 Å². The average molecular weight is 420 g/mol. The highest BCUT2D eigenvalue weighted by atomic mass is 19.1. The Labute approximate surface area is 180 Å². The van der Waals surface area contributed by atoms with E-state index in [4.69, 9.17) is 9.72 Å². The molecule has 0 aliphatic heterocycles. The largest absolute Gasteiger partial charge is 0.481 e. The zero-order valence-corrected chi connectivity index (χ0v) is 17.8. The van der Waals surface area contributed by atoms with Crippen LogP contribution < -0.4 is 10.1 Å². The van der Waals surface area contributed by atoms with Gasteiger partial charge in [-0.05, 0) is 61.6 Å². The summed E-state index contributed by atoms with van der Waals surface area (Å²) in [4.78, 5) is 26.2. The number of benzene rings is 1. The second kappa shape index (κ2) is 8.41. The van der Waals surface area contributed by atoms with Crippen LogP contribution in [0.1, 0.15) is 44.5 Å². The van der Waals surface area contributed by atoms with Gasteiger partial charge in [-0.2, -0.15) is 0 Å². The minimum atomic E-state index is -0.726. The van der Waals surface area contributed by atoms with Crippen molar-refractivity contribution in [2.75, 3.05) is 0 Å². The van der Waals surface area contributed by atoms with Gasteiger partial charge >= 0.3 is 0 Å². The number of halogens is 1. The molecular weight excluding hydrogens is 395 g/mol. The molecule has 2 aromatic heterocycles. The van der Waals surface area contributed by atoms with Gasteiger partial charge in [0.05, 0.1) is 11.7 Å². The lowest BCUT2D eigenvalue weighted by Gasteiger charge is -2.37. The van der Waals surface area contributed by atoms with Crippen molar-refractivity contribution in [2.24, 2.45) is 5.41 Å². The summed E-state index contributed by atoms with van der Waals surface area (Å²) in [6, 6.07) is 9.17. The molecule has 0 saturated heterocycles. The van der Waals surface area contributed by atoms with Crippen molar-refractivity contribution in [1.29, 1.82) is 0 Å². The third kappa shape index (κ3) is 4.87. The summed E-state index contributed by atoms with van der Waals surface area (Å²) in [5, 5.41) is 3.09. The monoisotopic (exact) mass is 420 g/mol. The number of pyridine rings is 1. The number of rotatable bonds is 5. The van der Waals surface area contributed by atoms with Gasteiger partial charge in [0.15, 0.2) is 11.9 Å². The molecule has 7 heteroatoms. The minimum Gasteiger partial charge on any atom is -0.481 e. The van der Waals surface area contributed by atoms with E-state index >= 15 is 0 Å². The number of hydrogen-bond donors (Lipinski definition) is 1. The van der Waals surface area contributed by atoms with E-state index in [0.717, 1.165) is 29.7 Å². The van der Waals surface area contributed by atoms with Crippen molar-refractivity contribution in [3.05, 3.63) is 72.1 Å². The van der Waals surface area contributed by atoms with Crippen LogP contribution in [0, 0.1) is 11.2 Å². The standard InChI is InChI=1S/C24H25FN4O2/c1-15(31-18-6-4-17(25)5-7-18)23(30)29-21-13-24(2,3)12-20-19(21)14-27-22(28-20)16-8-10-26-11-9-16/h4-11,14-15,21H,12-13H2,1-3H3,(H,29,30)/t15-,21-/m0/s1. The van der Waals surface area contributed by atoms with E-state index in [9.17, 15) is 9.18 Å². The summed E-state index contributed by atoms with van der Waals surface area (Å²) in [5.41, 5.74) is 2.74. The first kappa shape index (κ1) is 20.9. The van der Waals surface area contributed by atoms with Crippen molar-refractivity contribution >= 4 is 5.91 Å². The highest BCUT2D eigenvalue weighted by molar-refractivity contribution is 5.81. The van der Waals surface area contributed by atoms with Crippen molar-refractivity contribution in [2.45, 2.75) is 45.8 Å². The van der Waals surface area contributed by atoms with Gasteiger partial charge in [0, 0.05) is 29.7 Å². The SMILES string of the molecule is C[C@H](Oc1ccc(F)cc1)C(=O)N[C@H]1CC(C)(C)Cc2nc(-c3ccncc3)ncc21. The van der Waals surface area contributed by atoms with Gasteiger partial charge in [0.2, 0.25) is 0 Å². The molecule has 0 spiro atoms. The Morgan fingerprint density at radius 2 is 1.90 bits per heavy atom.